The number of carbonyl (C=O) groups is 3. The molecule has 0 bridgehead atoms. The fourth-order valence-electron chi connectivity index (χ4n) is 3.72. The number of hydrogen-bond acceptors (Lipinski definition) is 4. The lowest BCUT2D eigenvalue weighted by Gasteiger charge is -2.28. The normalized spacial score (nSPS) is 13.0. The Hall–Kier alpha value is -3.38. The molecule has 2 N–H and O–H groups in total. The maximum absolute atomic E-state index is 13.2. The van der Waals surface area contributed by atoms with Crippen molar-refractivity contribution in [1.82, 2.24) is 0 Å². The van der Waals surface area contributed by atoms with Crippen molar-refractivity contribution in [2.45, 2.75) is 19.3 Å². The minimum atomic E-state index is -0.808. The van der Waals surface area contributed by atoms with Gasteiger partial charge < -0.3 is 10.4 Å². The summed E-state index contributed by atoms with van der Waals surface area (Å²) < 4.78 is 0. The lowest BCUT2D eigenvalue weighted by atomic mass is 9.92. The van der Waals surface area contributed by atoms with Crippen LogP contribution in [0.2, 0.25) is 5.02 Å². The second kappa shape index (κ2) is 8.16. The molecule has 30 heavy (non-hydrogen) atoms. The predicted molar refractivity (Wildman–Crippen MR) is 117 cm³/mol. The van der Waals surface area contributed by atoms with E-state index in [1.165, 1.54) is 0 Å². The third-order valence-corrected chi connectivity index (χ3v) is 5.34. The van der Waals surface area contributed by atoms with Gasteiger partial charge in [0.05, 0.1) is 5.69 Å². The fraction of sp³-hybridized carbons (Fsp3) is 0.174. The molecule has 0 unspecified atom stereocenters. The van der Waals surface area contributed by atoms with Gasteiger partial charge in [-0.25, -0.2) is 4.90 Å². The van der Waals surface area contributed by atoms with Gasteiger partial charge in [-0.1, -0.05) is 29.8 Å². The fourth-order valence-corrected chi connectivity index (χ4v) is 3.91. The summed E-state index contributed by atoms with van der Waals surface area (Å²) in [5, 5.41) is 13.9. The number of halogens is 1. The molecule has 0 fully saturated rings. The highest BCUT2D eigenvalue weighted by atomic mass is 35.5. The molecule has 3 aromatic rings. The Labute approximate surface area is 178 Å². The van der Waals surface area contributed by atoms with Crippen LogP contribution in [0.3, 0.4) is 0 Å². The Morgan fingerprint density at radius 2 is 1.70 bits per heavy atom. The molecule has 0 spiro atoms. The van der Waals surface area contributed by atoms with Gasteiger partial charge in [0.15, 0.2) is 0 Å². The average molecular weight is 423 g/mol. The molecule has 4 rings (SSSR count). The van der Waals surface area contributed by atoms with Gasteiger partial charge in [0.2, 0.25) is 0 Å². The molecule has 0 aliphatic carbocycles. The van der Waals surface area contributed by atoms with Gasteiger partial charge in [0, 0.05) is 45.6 Å². The van der Waals surface area contributed by atoms with Crippen LogP contribution >= 0.6 is 11.6 Å². The molecule has 7 heteroatoms. The number of hydrogen-bond donors (Lipinski definition) is 2. The molecule has 0 saturated carbocycles. The number of carbonyl (C=O) groups excluding carboxylic acids is 2. The molecule has 0 radical (unpaired) electrons. The van der Waals surface area contributed by atoms with Gasteiger partial charge in [0.25, 0.3) is 11.8 Å². The Bertz CT molecular complexity index is 1150. The highest BCUT2D eigenvalue weighted by molar-refractivity contribution is 6.37. The lowest BCUT2D eigenvalue weighted by molar-refractivity contribution is -0.137. The zero-order valence-corrected chi connectivity index (χ0v) is 16.8. The molecule has 2 amide bonds. The molecule has 152 valence electrons. The van der Waals surface area contributed by atoms with E-state index >= 15 is 0 Å². The van der Waals surface area contributed by atoms with E-state index < -0.39 is 5.97 Å². The van der Waals surface area contributed by atoms with Crippen molar-refractivity contribution in [2.75, 3.05) is 16.8 Å². The van der Waals surface area contributed by atoms with Crippen LogP contribution in [-0.4, -0.2) is 29.4 Å². The topological polar surface area (TPSA) is 86.7 Å². The highest BCUT2D eigenvalue weighted by Gasteiger charge is 2.34. The van der Waals surface area contributed by atoms with E-state index in [0.29, 0.717) is 46.6 Å². The van der Waals surface area contributed by atoms with Crippen molar-refractivity contribution in [3.63, 3.8) is 0 Å². The standard InChI is InChI=1S/C23H19ClN2O4/c24-14-5-3-6-15(13-14)26-22(29)17-8-4-7-16-19(25-12-2-1-9-20(27)28)11-10-18(21(16)17)23(26)30/h3-8,10-11,13,25H,1-2,9,12H2,(H,27,28). The molecule has 0 atom stereocenters. The summed E-state index contributed by atoms with van der Waals surface area (Å²) in [4.78, 5) is 38.2. The number of benzene rings is 3. The van der Waals surface area contributed by atoms with Crippen LogP contribution in [-0.2, 0) is 4.79 Å². The highest BCUT2D eigenvalue weighted by Crippen LogP contribution is 2.36. The summed E-state index contributed by atoms with van der Waals surface area (Å²) in [6.45, 7) is 0.600. The number of rotatable bonds is 7. The first-order chi connectivity index (χ1) is 14.5. The summed E-state index contributed by atoms with van der Waals surface area (Å²) in [7, 11) is 0. The second-order valence-corrected chi connectivity index (χ2v) is 7.53. The minimum Gasteiger partial charge on any atom is -0.481 e. The average Bonchev–Trinajstić information content (AvgIpc) is 2.72. The first-order valence-electron chi connectivity index (χ1n) is 9.63. The number of carboxylic acid groups (broad SMARTS) is 1. The largest absolute Gasteiger partial charge is 0.481 e. The van der Waals surface area contributed by atoms with E-state index in [4.69, 9.17) is 16.7 Å². The summed E-state index contributed by atoms with van der Waals surface area (Å²) in [6.07, 6.45) is 1.42. The van der Waals surface area contributed by atoms with E-state index in [2.05, 4.69) is 5.32 Å². The number of unbranched alkanes of at least 4 members (excludes halogenated alkanes) is 1. The molecule has 6 nitrogen and oxygen atoms in total. The van der Waals surface area contributed by atoms with E-state index in [0.717, 1.165) is 16.0 Å². The molecule has 3 aromatic carbocycles. The maximum atomic E-state index is 13.2. The van der Waals surface area contributed by atoms with Crippen molar-refractivity contribution in [1.29, 1.82) is 0 Å². The third-order valence-electron chi connectivity index (χ3n) is 5.11. The number of nitrogens with one attached hydrogen (secondary N) is 1. The van der Waals surface area contributed by atoms with Crippen molar-refractivity contribution in [3.05, 3.63) is 70.7 Å². The monoisotopic (exact) mass is 422 g/mol. The van der Waals surface area contributed by atoms with Gasteiger partial charge >= 0.3 is 5.97 Å². The second-order valence-electron chi connectivity index (χ2n) is 7.09. The molecule has 1 heterocycles. The van der Waals surface area contributed by atoms with E-state index in [1.54, 1.807) is 42.5 Å². The predicted octanol–water partition coefficient (Wildman–Crippen LogP) is 4.96. The summed E-state index contributed by atoms with van der Waals surface area (Å²) in [5.41, 5.74) is 2.15. The molecular formula is C23H19ClN2O4. The van der Waals surface area contributed by atoms with Gasteiger partial charge in [-0.2, -0.15) is 0 Å². The zero-order chi connectivity index (χ0) is 21.3. The van der Waals surface area contributed by atoms with Crippen LogP contribution in [0.15, 0.2) is 54.6 Å². The van der Waals surface area contributed by atoms with Gasteiger partial charge in [-0.05, 0) is 49.2 Å². The Balaban J connectivity index is 1.68. The first-order valence-corrected chi connectivity index (χ1v) is 10.0. The number of carboxylic acids is 1. The van der Waals surface area contributed by atoms with Crippen LogP contribution in [0.5, 0.6) is 0 Å². The quantitative estimate of drug-likeness (QED) is 0.415. The Morgan fingerprint density at radius 3 is 2.43 bits per heavy atom. The number of nitrogens with zero attached hydrogens (tertiary/aromatic N) is 1. The van der Waals surface area contributed by atoms with Gasteiger partial charge in [-0.15, -0.1) is 0 Å². The van der Waals surface area contributed by atoms with E-state index in [1.807, 2.05) is 12.1 Å². The van der Waals surface area contributed by atoms with Crippen LogP contribution in [0.1, 0.15) is 40.0 Å². The Morgan fingerprint density at radius 1 is 0.967 bits per heavy atom. The Kier molecular flexibility index (Phi) is 5.42. The third kappa shape index (κ3) is 3.62. The van der Waals surface area contributed by atoms with Crippen molar-refractivity contribution < 1.29 is 19.5 Å². The summed E-state index contributed by atoms with van der Waals surface area (Å²) in [5.74, 6) is -1.59. The number of imide groups is 1. The number of amides is 2. The number of anilines is 2. The van der Waals surface area contributed by atoms with Crippen molar-refractivity contribution in [2.24, 2.45) is 0 Å². The van der Waals surface area contributed by atoms with Gasteiger partial charge in [0.1, 0.15) is 0 Å². The van der Waals surface area contributed by atoms with E-state index in [9.17, 15) is 14.4 Å². The lowest BCUT2D eigenvalue weighted by Crippen LogP contribution is -2.40. The van der Waals surface area contributed by atoms with Crippen molar-refractivity contribution in [3.8, 4) is 0 Å². The molecule has 1 aliphatic heterocycles. The zero-order valence-electron chi connectivity index (χ0n) is 16.0. The van der Waals surface area contributed by atoms with Crippen molar-refractivity contribution >= 4 is 51.5 Å². The van der Waals surface area contributed by atoms with Crippen LogP contribution < -0.4 is 10.2 Å². The SMILES string of the molecule is O=C(O)CCCCNc1ccc2c3c(cccc13)C(=O)N(c1cccc(Cl)c1)C2=O. The summed E-state index contributed by atoms with van der Waals surface area (Å²) >= 11 is 6.06. The summed E-state index contributed by atoms with van der Waals surface area (Å²) in [6, 6.07) is 15.6. The van der Waals surface area contributed by atoms with Crippen LogP contribution in [0, 0.1) is 0 Å². The molecule has 0 aromatic heterocycles. The van der Waals surface area contributed by atoms with Gasteiger partial charge in [-0.3, -0.25) is 14.4 Å². The molecule has 1 aliphatic rings. The first kappa shape index (κ1) is 19.9. The smallest absolute Gasteiger partial charge is 0.303 e. The van der Waals surface area contributed by atoms with Crippen LogP contribution in [0.25, 0.3) is 10.8 Å². The minimum absolute atomic E-state index is 0.133. The molecular weight excluding hydrogens is 404 g/mol. The maximum Gasteiger partial charge on any atom is 0.303 e. The molecule has 0 saturated heterocycles. The van der Waals surface area contributed by atoms with Crippen LogP contribution in [0.4, 0.5) is 11.4 Å². The van der Waals surface area contributed by atoms with E-state index in [-0.39, 0.29) is 18.2 Å². The number of aliphatic carboxylic acids is 1.